The fourth-order valence-corrected chi connectivity index (χ4v) is 2.71. The second kappa shape index (κ2) is 6.02. The Labute approximate surface area is 138 Å². The second-order valence-corrected chi connectivity index (χ2v) is 7.03. The van der Waals surface area contributed by atoms with Crippen LogP contribution in [0, 0.1) is 0 Å². The van der Waals surface area contributed by atoms with Gasteiger partial charge in [0.1, 0.15) is 0 Å². The molecule has 0 aliphatic heterocycles. The average Bonchev–Trinajstić information content (AvgIpc) is 2.96. The van der Waals surface area contributed by atoms with E-state index in [-0.39, 0.29) is 5.89 Å². The molecular weight excluding hydrogens is 338 g/mol. The number of aromatic nitrogens is 2. The molecule has 1 N–H and O–H groups in total. The summed E-state index contributed by atoms with van der Waals surface area (Å²) in [6, 6.07) is 13.8. The van der Waals surface area contributed by atoms with Gasteiger partial charge in [-0.25, -0.2) is 8.42 Å². The normalized spacial score (nSPS) is 11.4. The van der Waals surface area contributed by atoms with Crippen molar-refractivity contribution in [3.63, 3.8) is 0 Å². The van der Waals surface area contributed by atoms with Gasteiger partial charge in [0, 0.05) is 10.6 Å². The van der Waals surface area contributed by atoms with Crippen molar-refractivity contribution in [1.29, 1.82) is 0 Å². The van der Waals surface area contributed by atoms with Crippen molar-refractivity contribution in [3.05, 3.63) is 53.6 Å². The lowest BCUT2D eigenvalue weighted by molar-refractivity contribution is 0.432. The minimum absolute atomic E-state index is 0.224. The first kappa shape index (κ1) is 15.5. The predicted molar refractivity (Wildman–Crippen MR) is 88.6 cm³/mol. The summed E-state index contributed by atoms with van der Waals surface area (Å²) in [6.45, 7) is 0. The molecule has 0 aliphatic carbocycles. The van der Waals surface area contributed by atoms with Crippen LogP contribution >= 0.6 is 11.6 Å². The lowest BCUT2D eigenvalue weighted by atomic mass is 10.2. The van der Waals surface area contributed by atoms with E-state index in [0.717, 1.165) is 11.8 Å². The van der Waals surface area contributed by atoms with E-state index in [1.807, 2.05) is 0 Å². The summed E-state index contributed by atoms with van der Waals surface area (Å²) in [5.74, 6) is 0.618. The summed E-state index contributed by atoms with van der Waals surface area (Å²) in [7, 11) is -3.41. The van der Waals surface area contributed by atoms with Crippen LogP contribution in [0.2, 0.25) is 5.02 Å². The third kappa shape index (κ3) is 3.69. The van der Waals surface area contributed by atoms with Gasteiger partial charge in [-0.3, -0.25) is 4.72 Å². The van der Waals surface area contributed by atoms with E-state index in [4.69, 9.17) is 16.1 Å². The number of nitrogens with one attached hydrogen (secondary N) is 1. The SMILES string of the molecule is CS(=O)(=O)Nc1ccccc1-c1nc(-c2ccc(Cl)cc2)no1. The first-order chi connectivity index (χ1) is 10.9. The fraction of sp³-hybridized carbons (Fsp3) is 0.0667. The van der Waals surface area contributed by atoms with Crippen LogP contribution < -0.4 is 4.72 Å². The number of hydrogen-bond donors (Lipinski definition) is 1. The zero-order valence-electron chi connectivity index (χ0n) is 12.0. The first-order valence-electron chi connectivity index (χ1n) is 6.59. The Balaban J connectivity index is 1.99. The highest BCUT2D eigenvalue weighted by molar-refractivity contribution is 7.92. The minimum atomic E-state index is -3.41. The molecule has 0 saturated heterocycles. The van der Waals surface area contributed by atoms with Gasteiger partial charge in [0.25, 0.3) is 5.89 Å². The molecule has 23 heavy (non-hydrogen) atoms. The molecule has 0 bridgehead atoms. The third-order valence-corrected chi connectivity index (χ3v) is 3.82. The van der Waals surface area contributed by atoms with Gasteiger partial charge >= 0.3 is 0 Å². The molecule has 3 aromatic rings. The van der Waals surface area contributed by atoms with Crippen molar-refractivity contribution in [3.8, 4) is 22.8 Å². The Morgan fingerprint density at radius 2 is 1.78 bits per heavy atom. The van der Waals surface area contributed by atoms with E-state index in [1.54, 1.807) is 48.5 Å². The zero-order valence-corrected chi connectivity index (χ0v) is 13.6. The largest absolute Gasteiger partial charge is 0.334 e. The van der Waals surface area contributed by atoms with Gasteiger partial charge in [-0.2, -0.15) is 4.98 Å². The van der Waals surface area contributed by atoms with Crippen molar-refractivity contribution in [2.75, 3.05) is 11.0 Å². The summed E-state index contributed by atoms with van der Waals surface area (Å²) >= 11 is 5.85. The summed E-state index contributed by atoms with van der Waals surface area (Å²) in [6.07, 6.45) is 1.08. The van der Waals surface area contributed by atoms with Crippen molar-refractivity contribution < 1.29 is 12.9 Å². The molecule has 1 aromatic heterocycles. The molecule has 1 heterocycles. The molecule has 0 atom stereocenters. The molecule has 3 rings (SSSR count). The molecule has 6 nitrogen and oxygen atoms in total. The Kier molecular flexibility index (Phi) is 4.06. The van der Waals surface area contributed by atoms with Crippen molar-refractivity contribution in [2.24, 2.45) is 0 Å². The van der Waals surface area contributed by atoms with Gasteiger partial charge in [0.05, 0.1) is 17.5 Å². The summed E-state index contributed by atoms with van der Waals surface area (Å²) in [5.41, 5.74) is 1.63. The number of rotatable bonds is 4. The van der Waals surface area contributed by atoms with Crippen LogP contribution in [0.4, 0.5) is 5.69 Å². The van der Waals surface area contributed by atoms with Crippen LogP contribution in [0.1, 0.15) is 0 Å². The second-order valence-electron chi connectivity index (χ2n) is 4.85. The summed E-state index contributed by atoms with van der Waals surface area (Å²) in [4.78, 5) is 4.32. The quantitative estimate of drug-likeness (QED) is 0.780. The number of nitrogens with zero attached hydrogens (tertiary/aromatic N) is 2. The van der Waals surface area contributed by atoms with Crippen LogP contribution in [-0.2, 0) is 10.0 Å². The Morgan fingerprint density at radius 1 is 1.09 bits per heavy atom. The maximum atomic E-state index is 11.5. The molecule has 0 amide bonds. The molecule has 0 unspecified atom stereocenters. The van der Waals surface area contributed by atoms with E-state index < -0.39 is 10.0 Å². The number of halogens is 1. The molecule has 0 fully saturated rings. The van der Waals surface area contributed by atoms with Gasteiger partial charge < -0.3 is 4.52 Å². The lowest BCUT2D eigenvalue weighted by Gasteiger charge is -2.06. The lowest BCUT2D eigenvalue weighted by Crippen LogP contribution is -2.10. The zero-order chi connectivity index (χ0) is 16.4. The molecule has 2 aromatic carbocycles. The van der Waals surface area contributed by atoms with Crippen LogP contribution in [-0.4, -0.2) is 24.8 Å². The molecule has 0 saturated carbocycles. The molecule has 0 aliphatic rings. The fourth-order valence-electron chi connectivity index (χ4n) is 2.01. The van der Waals surface area contributed by atoms with Crippen LogP contribution in [0.15, 0.2) is 53.1 Å². The topological polar surface area (TPSA) is 85.1 Å². The van der Waals surface area contributed by atoms with E-state index >= 15 is 0 Å². The van der Waals surface area contributed by atoms with Crippen molar-refractivity contribution in [2.45, 2.75) is 0 Å². The Hall–Kier alpha value is -2.38. The average molecular weight is 350 g/mol. The standard InChI is InChI=1S/C15H12ClN3O3S/c1-23(20,21)19-13-5-3-2-4-12(13)15-17-14(18-22-15)10-6-8-11(16)9-7-10/h2-9,19H,1H3. The molecular formula is C15H12ClN3O3S. The Bertz CT molecular complexity index is 937. The summed E-state index contributed by atoms with van der Waals surface area (Å²) in [5, 5.41) is 4.53. The van der Waals surface area contributed by atoms with Gasteiger partial charge in [-0.1, -0.05) is 28.9 Å². The number of sulfonamides is 1. The molecule has 118 valence electrons. The summed E-state index contributed by atoms with van der Waals surface area (Å²) < 4.78 is 30.6. The van der Waals surface area contributed by atoms with Gasteiger partial charge in [-0.15, -0.1) is 0 Å². The molecule has 8 heteroatoms. The van der Waals surface area contributed by atoms with E-state index in [2.05, 4.69) is 14.9 Å². The predicted octanol–water partition coefficient (Wildman–Crippen LogP) is 3.43. The number of hydrogen-bond acceptors (Lipinski definition) is 5. The molecule has 0 radical (unpaired) electrons. The first-order valence-corrected chi connectivity index (χ1v) is 8.86. The monoisotopic (exact) mass is 349 g/mol. The van der Waals surface area contributed by atoms with Crippen molar-refractivity contribution in [1.82, 2.24) is 10.1 Å². The van der Waals surface area contributed by atoms with Crippen LogP contribution in [0.5, 0.6) is 0 Å². The number of benzene rings is 2. The van der Waals surface area contributed by atoms with Gasteiger partial charge in [0.15, 0.2) is 0 Å². The van der Waals surface area contributed by atoms with Gasteiger partial charge in [-0.05, 0) is 36.4 Å². The van der Waals surface area contributed by atoms with Gasteiger partial charge in [0.2, 0.25) is 15.8 Å². The Morgan fingerprint density at radius 3 is 2.48 bits per heavy atom. The van der Waals surface area contributed by atoms with E-state index in [0.29, 0.717) is 22.1 Å². The highest BCUT2D eigenvalue weighted by Gasteiger charge is 2.15. The minimum Gasteiger partial charge on any atom is -0.334 e. The van der Waals surface area contributed by atoms with Crippen LogP contribution in [0.25, 0.3) is 22.8 Å². The molecule has 0 spiro atoms. The maximum absolute atomic E-state index is 11.5. The van der Waals surface area contributed by atoms with E-state index in [9.17, 15) is 8.42 Å². The third-order valence-electron chi connectivity index (χ3n) is 2.98. The maximum Gasteiger partial charge on any atom is 0.260 e. The van der Waals surface area contributed by atoms with Crippen LogP contribution in [0.3, 0.4) is 0 Å². The number of anilines is 1. The highest BCUT2D eigenvalue weighted by Crippen LogP contribution is 2.29. The highest BCUT2D eigenvalue weighted by atomic mass is 35.5. The van der Waals surface area contributed by atoms with Crippen molar-refractivity contribution >= 4 is 27.3 Å². The van der Waals surface area contributed by atoms with E-state index in [1.165, 1.54) is 0 Å². The smallest absolute Gasteiger partial charge is 0.260 e. The number of para-hydroxylation sites is 1.